The van der Waals surface area contributed by atoms with Crippen LogP contribution >= 0.6 is 0 Å². The zero-order chi connectivity index (χ0) is 14.8. The highest BCUT2D eigenvalue weighted by atomic mass is 19.1. The quantitative estimate of drug-likeness (QED) is 0.891. The lowest BCUT2D eigenvalue weighted by Crippen LogP contribution is -2.53. The van der Waals surface area contributed by atoms with E-state index < -0.39 is 11.5 Å². The molecule has 20 heavy (non-hydrogen) atoms. The van der Waals surface area contributed by atoms with Gasteiger partial charge in [0, 0.05) is 25.1 Å². The molecule has 0 bridgehead atoms. The van der Waals surface area contributed by atoms with Crippen LogP contribution < -0.4 is 5.32 Å². The van der Waals surface area contributed by atoms with Gasteiger partial charge in [0.05, 0.1) is 6.10 Å². The van der Waals surface area contributed by atoms with Crippen LogP contribution in [0.1, 0.15) is 26.7 Å². The predicted molar refractivity (Wildman–Crippen MR) is 74.2 cm³/mol. The lowest BCUT2D eigenvalue weighted by Gasteiger charge is -2.40. The van der Waals surface area contributed by atoms with E-state index in [0.717, 1.165) is 0 Å². The van der Waals surface area contributed by atoms with Crippen molar-refractivity contribution in [3.8, 4) is 0 Å². The second kappa shape index (κ2) is 5.79. The molecule has 1 aliphatic rings. The van der Waals surface area contributed by atoms with Crippen molar-refractivity contribution in [2.24, 2.45) is 5.92 Å². The summed E-state index contributed by atoms with van der Waals surface area (Å²) in [6, 6.07) is 5.88. The fraction of sp³-hybridized carbons (Fsp3) is 0.533. The molecule has 2 unspecified atom stereocenters. The number of halogens is 1. The summed E-state index contributed by atoms with van der Waals surface area (Å²) in [4.78, 5) is 11.7. The fourth-order valence-corrected chi connectivity index (χ4v) is 2.52. The molecule has 1 heterocycles. The molecule has 5 heteroatoms. The Labute approximate surface area is 117 Å². The highest BCUT2D eigenvalue weighted by Crippen LogP contribution is 2.32. The number of benzene rings is 1. The molecule has 2 rings (SSSR count). The molecule has 0 aromatic heterocycles. The Balaban J connectivity index is 2.23. The molecule has 110 valence electrons. The van der Waals surface area contributed by atoms with Crippen molar-refractivity contribution in [2.45, 2.75) is 38.3 Å². The van der Waals surface area contributed by atoms with E-state index in [-0.39, 0.29) is 17.8 Å². The number of carboxylic acid groups (broad SMARTS) is 1. The maximum atomic E-state index is 13.2. The molecule has 1 saturated heterocycles. The first-order valence-electron chi connectivity index (χ1n) is 6.82. The molecule has 0 spiro atoms. The number of anilines is 1. The van der Waals surface area contributed by atoms with E-state index >= 15 is 0 Å². The average molecular weight is 281 g/mol. The minimum absolute atomic E-state index is 0.110. The molecule has 0 saturated carbocycles. The first-order chi connectivity index (χ1) is 9.43. The third kappa shape index (κ3) is 3.10. The Morgan fingerprint density at radius 3 is 2.90 bits per heavy atom. The van der Waals surface area contributed by atoms with Gasteiger partial charge >= 0.3 is 5.97 Å². The highest BCUT2D eigenvalue weighted by Gasteiger charge is 2.44. The van der Waals surface area contributed by atoms with Crippen LogP contribution in [0.4, 0.5) is 10.1 Å². The first kappa shape index (κ1) is 14.8. The normalized spacial score (nSPS) is 26.5. The van der Waals surface area contributed by atoms with Gasteiger partial charge < -0.3 is 15.2 Å². The fourth-order valence-electron chi connectivity index (χ4n) is 2.52. The van der Waals surface area contributed by atoms with E-state index in [1.165, 1.54) is 12.1 Å². The van der Waals surface area contributed by atoms with E-state index in [4.69, 9.17) is 4.74 Å². The van der Waals surface area contributed by atoms with Crippen LogP contribution in [-0.4, -0.2) is 29.3 Å². The summed E-state index contributed by atoms with van der Waals surface area (Å²) >= 11 is 0. The van der Waals surface area contributed by atoms with Gasteiger partial charge in [-0.05, 0) is 24.1 Å². The van der Waals surface area contributed by atoms with Gasteiger partial charge in [0.1, 0.15) is 11.4 Å². The molecule has 1 aliphatic heterocycles. The standard InChI is InChI=1S/C15H20FNO3/c1-10(2)13-9-15(14(18)19,6-7-20-13)17-12-5-3-4-11(16)8-12/h3-5,8,10,13,17H,6-7,9H2,1-2H3,(H,18,19). The number of carboxylic acids is 1. The van der Waals surface area contributed by atoms with Crippen molar-refractivity contribution < 1.29 is 19.0 Å². The molecule has 0 radical (unpaired) electrons. The lowest BCUT2D eigenvalue weighted by atomic mass is 9.83. The Hall–Kier alpha value is -1.62. The Bertz CT molecular complexity index is 492. The number of carbonyl (C=O) groups is 1. The van der Waals surface area contributed by atoms with Gasteiger partial charge in [0.25, 0.3) is 0 Å². The molecule has 4 nitrogen and oxygen atoms in total. The van der Waals surface area contributed by atoms with Crippen LogP contribution in [0.3, 0.4) is 0 Å². The van der Waals surface area contributed by atoms with Gasteiger partial charge in [0.2, 0.25) is 0 Å². The summed E-state index contributed by atoms with van der Waals surface area (Å²) < 4.78 is 18.9. The molecule has 1 fully saturated rings. The molecular weight excluding hydrogens is 261 g/mol. The topological polar surface area (TPSA) is 58.6 Å². The van der Waals surface area contributed by atoms with E-state index in [9.17, 15) is 14.3 Å². The molecule has 2 N–H and O–H groups in total. The van der Waals surface area contributed by atoms with Crippen LogP contribution in [-0.2, 0) is 9.53 Å². The average Bonchev–Trinajstić information content (AvgIpc) is 2.38. The molecule has 0 amide bonds. The van der Waals surface area contributed by atoms with Crippen molar-refractivity contribution in [3.63, 3.8) is 0 Å². The summed E-state index contributed by atoms with van der Waals surface area (Å²) in [5.41, 5.74) is -0.613. The highest BCUT2D eigenvalue weighted by molar-refractivity contribution is 5.83. The second-order valence-electron chi connectivity index (χ2n) is 5.63. The number of ether oxygens (including phenoxy) is 1. The SMILES string of the molecule is CC(C)C1CC(Nc2cccc(F)c2)(C(=O)O)CCO1. The van der Waals surface area contributed by atoms with E-state index in [1.807, 2.05) is 13.8 Å². The van der Waals surface area contributed by atoms with Crippen molar-refractivity contribution in [1.82, 2.24) is 0 Å². The third-order valence-corrected chi connectivity index (χ3v) is 3.77. The van der Waals surface area contributed by atoms with Crippen molar-refractivity contribution in [2.75, 3.05) is 11.9 Å². The van der Waals surface area contributed by atoms with E-state index in [2.05, 4.69) is 5.32 Å². The lowest BCUT2D eigenvalue weighted by molar-refractivity contribution is -0.149. The molecule has 1 aromatic rings. The number of rotatable bonds is 4. The van der Waals surface area contributed by atoms with Gasteiger partial charge in [0.15, 0.2) is 0 Å². The van der Waals surface area contributed by atoms with Crippen LogP contribution in [0.15, 0.2) is 24.3 Å². The smallest absolute Gasteiger partial charge is 0.329 e. The van der Waals surface area contributed by atoms with Gasteiger partial charge in [-0.25, -0.2) is 9.18 Å². The summed E-state index contributed by atoms with van der Waals surface area (Å²) in [6.45, 7) is 4.40. The second-order valence-corrected chi connectivity index (χ2v) is 5.63. The minimum atomic E-state index is -1.10. The van der Waals surface area contributed by atoms with Crippen molar-refractivity contribution >= 4 is 11.7 Å². The Morgan fingerprint density at radius 2 is 2.30 bits per heavy atom. The van der Waals surface area contributed by atoms with Crippen molar-refractivity contribution in [3.05, 3.63) is 30.1 Å². The molecular formula is C15H20FNO3. The maximum Gasteiger partial charge on any atom is 0.329 e. The van der Waals surface area contributed by atoms with Gasteiger partial charge in [-0.1, -0.05) is 19.9 Å². The number of aliphatic carboxylic acids is 1. The van der Waals surface area contributed by atoms with Crippen LogP contribution in [0.25, 0.3) is 0 Å². The number of hydrogen-bond acceptors (Lipinski definition) is 3. The zero-order valence-corrected chi connectivity index (χ0v) is 11.7. The minimum Gasteiger partial charge on any atom is -0.480 e. The maximum absolute atomic E-state index is 13.2. The van der Waals surface area contributed by atoms with Gasteiger partial charge in [-0.2, -0.15) is 0 Å². The Kier molecular flexibility index (Phi) is 4.28. The van der Waals surface area contributed by atoms with E-state index in [1.54, 1.807) is 12.1 Å². The summed E-state index contributed by atoms with van der Waals surface area (Å²) in [5, 5.41) is 12.6. The van der Waals surface area contributed by atoms with Gasteiger partial charge in [-0.15, -0.1) is 0 Å². The van der Waals surface area contributed by atoms with Crippen LogP contribution in [0.2, 0.25) is 0 Å². The molecule has 0 aliphatic carbocycles. The zero-order valence-electron chi connectivity index (χ0n) is 11.7. The number of nitrogens with one attached hydrogen (secondary N) is 1. The molecule has 2 atom stereocenters. The van der Waals surface area contributed by atoms with E-state index in [0.29, 0.717) is 25.1 Å². The van der Waals surface area contributed by atoms with Gasteiger partial charge in [-0.3, -0.25) is 0 Å². The molecule has 1 aromatic carbocycles. The monoisotopic (exact) mass is 281 g/mol. The first-order valence-corrected chi connectivity index (χ1v) is 6.82. The third-order valence-electron chi connectivity index (χ3n) is 3.77. The Morgan fingerprint density at radius 1 is 1.55 bits per heavy atom. The number of hydrogen-bond donors (Lipinski definition) is 2. The van der Waals surface area contributed by atoms with Crippen LogP contribution in [0.5, 0.6) is 0 Å². The predicted octanol–water partition coefficient (Wildman–Crippen LogP) is 2.90. The van der Waals surface area contributed by atoms with Crippen molar-refractivity contribution in [1.29, 1.82) is 0 Å². The van der Waals surface area contributed by atoms with Crippen LogP contribution in [0, 0.1) is 11.7 Å². The largest absolute Gasteiger partial charge is 0.480 e. The summed E-state index contributed by atoms with van der Waals surface area (Å²) in [5.74, 6) is -1.07. The summed E-state index contributed by atoms with van der Waals surface area (Å²) in [6.07, 6.45) is 0.624. The summed E-state index contributed by atoms with van der Waals surface area (Å²) in [7, 11) is 0.